The normalized spacial score (nSPS) is 12.9. The van der Waals surface area contributed by atoms with Gasteiger partial charge in [-0.15, -0.1) is 54.1 Å². The molecule has 8 aromatic rings. The van der Waals surface area contributed by atoms with E-state index in [0.717, 1.165) is 60.6 Å². The average molecular weight is 889 g/mol. The number of hydrogen-bond donors (Lipinski definition) is 0. The number of nitrogens with zero attached hydrogens (tertiary/aromatic N) is 2. The summed E-state index contributed by atoms with van der Waals surface area (Å²) in [6, 6.07) is 49.4. The van der Waals surface area contributed by atoms with Crippen LogP contribution in [0.3, 0.4) is 0 Å². The summed E-state index contributed by atoms with van der Waals surface area (Å²) in [4.78, 5) is 9.13. The molecule has 0 saturated carbocycles. The van der Waals surface area contributed by atoms with Gasteiger partial charge >= 0.3 is 0 Å². The van der Waals surface area contributed by atoms with E-state index in [9.17, 15) is 0 Å². The standard InChI is InChI=1S/C27H22NO.C21H22NSi.Ir/c1-18(2)15-19-13-14-28-25(16-19)24-10-6-9-23-22-12-11-21(17-26(22)29-27(23)24)20-7-4-3-5-8-20;1-23(2,3)21-16-22-20(18-12-8-5-9-13-18)15-19(21)14-17-10-6-4-7-11-17;/h3-9,11-14,16-18H,15H2,1-2H3;4-12,15-16H,14H2,1-3H3;/q2*-1;/i15D2;14D2;. The van der Waals surface area contributed by atoms with E-state index in [0.29, 0.717) is 16.8 Å². The van der Waals surface area contributed by atoms with Crippen LogP contribution in [-0.2, 0) is 32.9 Å². The zero-order chi connectivity index (χ0) is 39.7. The molecular weight excluding hydrogens is 841 g/mol. The number of rotatable bonds is 8. The van der Waals surface area contributed by atoms with Gasteiger partial charge < -0.3 is 14.4 Å². The molecule has 0 N–H and O–H groups in total. The maximum atomic E-state index is 8.84. The first-order valence-electron chi connectivity index (χ1n) is 19.7. The van der Waals surface area contributed by atoms with Crippen LogP contribution in [0.2, 0.25) is 19.6 Å². The van der Waals surface area contributed by atoms with Crippen LogP contribution in [0.5, 0.6) is 0 Å². The van der Waals surface area contributed by atoms with Crippen molar-refractivity contribution < 1.29 is 30.0 Å². The molecule has 3 aromatic heterocycles. The molecule has 0 bridgehead atoms. The fraction of sp³-hybridized carbons (Fsp3) is 0.167. The van der Waals surface area contributed by atoms with Crippen LogP contribution in [0.25, 0.3) is 55.6 Å². The van der Waals surface area contributed by atoms with Crippen molar-refractivity contribution >= 4 is 35.2 Å². The number of benzene rings is 5. The minimum Gasteiger partial charge on any atom is -0.501 e. The maximum Gasteiger partial charge on any atom is 0.121 e. The minimum absolute atomic E-state index is 0. The van der Waals surface area contributed by atoms with E-state index >= 15 is 0 Å². The summed E-state index contributed by atoms with van der Waals surface area (Å²) in [7, 11) is -1.76. The van der Waals surface area contributed by atoms with Crippen LogP contribution in [0.4, 0.5) is 0 Å². The largest absolute Gasteiger partial charge is 0.501 e. The van der Waals surface area contributed by atoms with E-state index < -0.39 is 20.8 Å². The monoisotopic (exact) mass is 889 g/mol. The predicted molar refractivity (Wildman–Crippen MR) is 221 cm³/mol. The van der Waals surface area contributed by atoms with Crippen LogP contribution < -0.4 is 5.19 Å². The van der Waals surface area contributed by atoms with Gasteiger partial charge in [0.1, 0.15) is 5.58 Å². The third-order valence-corrected chi connectivity index (χ3v) is 10.8. The molecule has 0 aliphatic carbocycles. The molecule has 0 aliphatic rings. The Morgan fingerprint density at radius 1 is 0.698 bits per heavy atom. The molecule has 53 heavy (non-hydrogen) atoms. The second kappa shape index (κ2) is 16.8. The Morgan fingerprint density at radius 3 is 2.17 bits per heavy atom. The zero-order valence-electron chi connectivity index (χ0n) is 34.6. The number of hydrogen-bond acceptors (Lipinski definition) is 3. The molecule has 0 fully saturated rings. The molecule has 0 aliphatic heterocycles. The molecule has 267 valence electrons. The van der Waals surface area contributed by atoms with Gasteiger partial charge in [-0.1, -0.05) is 140 Å². The number of pyridine rings is 2. The van der Waals surface area contributed by atoms with Crippen molar-refractivity contribution in [2.24, 2.45) is 5.92 Å². The summed E-state index contributed by atoms with van der Waals surface area (Å²) >= 11 is 0. The van der Waals surface area contributed by atoms with Crippen molar-refractivity contribution in [2.75, 3.05) is 0 Å². The molecule has 0 spiro atoms. The predicted octanol–water partition coefficient (Wildman–Crippen LogP) is 12.0. The summed E-state index contributed by atoms with van der Waals surface area (Å²) in [5.74, 6) is -0.148. The number of fused-ring (bicyclic) bond motifs is 3. The van der Waals surface area contributed by atoms with Crippen LogP contribution in [0, 0.1) is 18.1 Å². The van der Waals surface area contributed by atoms with E-state index in [2.05, 4.69) is 72.1 Å². The Balaban J connectivity index is 0.000000194. The maximum absolute atomic E-state index is 8.84. The molecule has 5 heteroatoms. The first-order valence-corrected chi connectivity index (χ1v) is 21.2. The third-order valence-electron chi connectivity index (χ3n) is 8.76. The van der Waals surface area contributed by atoms with E-state index in [1.807, 2.05) is 117 Å². The van der Waals surface area contributed by atoms with Gasteiger partial charge in [0.25, 0.3) is 0 Å². The van der Waals surface area contributed by atoms with Gasteiger partial charge in [0, 0.05) is 43.4 Å². The van der Waals surface area contributed by atoms with Gasteiger partial charge in [-0.25, -0.2) is 0 Å². The Labute approximate surface area is 334 Å². The second-order valence-electron chi connectivity index (χ2n) is 14.1. The van der Waals surface area contributed by atoms with Crippen LogP contribution >= 0.6 is 0 Å². The summed E-state index contributed by atoms with van der Waals surface area (Å²) in [5.41, 5.74) is 8.83. The van der Waals surface area contributed by atoms with Gasteiger partial charge in [-0.05, 0) is 64.1 Å². The third kappa shape index (κ3) is 9.00. The summed E-state index contributed by atoms with van der Waals surface area (Å²) in [6.07, 6.45) is 0.527. The average Bonchev–Trinajstić information content (AvgIpc) is 3.60. The Hall–Kier alpha value is -4.93. The first kappa shape index (κ1) is 32.7. The van der Waals surface area contributed by atoms with Crippen molar-refractivity contribution in [3.8, 4) is 33.6 Å². The summed E-state index contributed by atoms with van der Waals surface area (Å²) in [6.45, 7) is 10.4. The summed E-state index contributed by atoms with van der Waals surface area (Å²) in [5, 5.41) is 3.10. The van der Waals surface area contributed by atoms with Crippen LogP contribution in [-0.4, -0.2) is 18.0 Å². The molecule has 0 unspecified atom stereocenters. The zero-order valence-corrected chi connectivity index (χ0v) is 34.0. The SMILES string of the molecule is [2H]C([2H])(c1ccccc1)c1cc(-c2[c-]cccc2)ncc1[Si](C)(C)C.[2H]C([2H])(c1ccnc(-c2[c-]ccc3c2oc2cc(-c4ccccc4)ccc23)c1)C(C)C.[Ir]. The van der Waals surface area contributed by atoms with Crippen LogP contribution in [0.1, 0.15) is 36.0 Å². The van der Waals surface area contributed by atoms with Crippen molar-refractivity contribution in [3.63, 3.8) is 0 Å². The molecule has 3 heterocycles. The Morgan fingerprint density at radius 2 is 1.45 bits per heavy atom. The number of furan rings is 1. The van der Waals surface area contributed by atoms with Crippen LogP contribution in [0.15, 0.2) is 150 Å². The van der Waals surface area contributed by atoms with E-state index in [1.54, 1.807) is 12.3 Å². The topological polar surface area (TPSA) is 38.9 Å². The minimum atomic E-state index is -1.76. The smallest absolute Gasteiger partial charge is 0.121 e. The first-order chi connectivity index (χ1) is 26.7. The molecule has 0 atom stereocenters. The van der Waals surface area contributed by atoms with Crippen molar-refractivity contribution in [1.82, 2.24) is 9.97 Å². The number of aromatic nitrogens is 2. The van der Waals surface area contributed by atoms with Gasteiger partial charge in [-0.3, -0.25) is 0 Å². The molecular formula is C48H44IrN2OSi-2. The Bertz CT molecular complexity index is 2610. The van der Waals surface area contributed by atoms with Gasteiger partial charge in [-0.2, -0.15) is 0 Å². The fourth-order valence-electron chi connectivity index (χ4n) is 6.27. The van der Waals surface area contributed by atoms with Crippen molar-refractivity contribution in [2.45, 2.75) is 46.2 Å². The van der Waals surface area contributed by atoms with E-state index in [4.69, 9.17) is 9.90 Å². The molecule has 8 rings (SSSR count). The molecule has 5 aromatic carbocycles. The second-order valence-corrected chi connectivity index (χ2v) is 19.2. The van der Waals surface area contributed by atoms with Gasteiger partial charge in [0.2, 0.25) is 0 Å². The van der Waals surface area contributed by atoms with Gasteiger partial charge in [0.15, 0.2) is 0 Å². The van der Waals surface area contributed by atoms with Crippen molar-refractivity contribution in [3.05, 3.63) is 175 Å². The molecule has 0 saturated heterocycles. The molecule has 3 nitrogen and oxygen atoms in total. The van der Waals surface area contributed by atoms with E-state index in [-0.39, 0.29) is 26.0 Å². The molecule has 0 amide bonds. The Kier molecular flexibility index (Phi) is 10.4. The summed E-state index contributed by atoms with van der Waals surface area (Å²) < 4.78 is 40.9. The van der Waals surface area contributed by atoms with Gasteiger partial charge in [0.05, 0.1) is 13.7 Å². The van der Waals surface area contributed by atoms with E-state index in [1.165, 1.54) is 0 Å². The fourth-order valence-corrected chi connectivity index (χ4v) is 7.66. The quantitative estimate of drug-likeness (QED) is 0.113. The van der Waals surface area contributed by atoms with Crippen molar-refractivity contribution in [1.29, 1.82) is 0 Å². The molecule has 1 radical (unpaired) electrons.